The summed E-state index contributed by atoms with van der Waals surface area (Å²) in [4.78, 5) is 90.0. The highest BCUT2D eigenvalue weighted by atomic mass is 16.6. The molecule has 2 atom stereocenters. The number of amides is 6. The minimum absolute atomic E-state index is 0. The predicted molar refractivity (Wildman–Crippen MR) is 202 cm³/mol. The van der Waals surface area contributed by atoms with E-state index in [9.17, 15) is 33.6 Å². The number of carbonyl (C=O) groups excluding carboxylic acids is 7. The van der Waals surface area contributed by atoms with Crippen LogP contribution in [0.1, 0.15) is 93.0 Å². The van der Waals surface area contributed by atoms with E-state index in [4.69, 9.17) is 4.74 Å². The van der Waals surface area contributed by atoms with Crippen molar-refractivity contribution >= 4 is 47.1 Å². The number of ether oxygens (including phenoxy) is 1. The van der Waals surface area contributed by atoms with Crippen molar-refractivity contribution in [3.05, 3.63) is 77.4 Å². The molecule has 13 heteroatoms. The van der Waals surface area contributed by atoms with Crippen molar-refractivity contribution in [3.63, 3.8) is 0 Å². The fourth-order valence-electron chi connectivity index (χ4n) is 5.33. The normalized spacial score (nSPS) is 13.8. The summed E-state index contributed by atoms with van der Waals surface area (Å²) in [6.07, 6.45) is 3.81. The summed E-state index contributed by atoms with van der Waals surface area (Å²) in [6.45, 7) is 11.2. The largest absolute Gasteiger partial charge is 0.445 e. The Kier molecular flexibility index (Phi) is 14.8. The predicted octanol–water partition coefficient (Wildman–Crippen LogP) is 5.49. The summed E-state index contributed by atoms with van der Waals surface area (Å²) in [5, 5.41) is 8.17. The smallest absolute Gasteiger partial charge is 0.410 e. The molecule has 2 aromatic rings. The lowest BCUT2D eigenvalue weighted by atomic mass is 9.84. The Morgan fingerprint density at radius 2 is 1.48 bits per heavy atom. The summed E-state index contributed by atoms with van der Waals surface area (Å²) >= 11 is 0. The molecule has 0 aliphatic carbocycles. The summed E-state index contributed by atoms with van der Waals surface area (Å²) in [7, 11) is 1.60. The molecule has 13 nitrogen and oxygen atoms in total. The molecule has 3 rings (SSSR count). The Labute approximate surface area is 310 Å². The van der Waals surface area contributed by atoms with Gasteiger partial charge in [-0.2, -0.15) is 0 Å². The summed E-state index contributed by atoms with van der Waals surface area (Å²) in [5.41, 5.74) is 1.90. The second kappa shape index (κ2) is 18.8. The number of carbonyl (C=O) groups is 7. The lowest BCUT2D eigenvalue weighted by Gasteiger charge is -2.24. The lowest BCUT2D eigenvalue weighted by molar-refractivity contribution is -0.137. The fourth-order valence-corrected chi connectivity index (χ4v) is 5.33. The minimum atomic E-state index is -0.906. The first kappa shape index (κ1) is 41.1. The third kappa shape index (κ3) is 12.2. The van der Waals surface area contributed by atoms with Crippen molar-refractivity contribution in [1.82, 2.24) is 20.4 Å². The van der Waals surface area contributed by atoms with Gasteiger partial charge in [-0.15, -0.1) is 0 Å². The van der Waals surface area contributed by atoms with Crippen LogP contribution >= 0.6 is 0 Å². The second-order valence-electron chi connectivity index (χ2n) is 14.3. The SMILES string of the molecule is CC(C)[C@H](NC(=O)CCCCCN1C(=O)C=CC1=O)C(=O)N[C@@H](C)C(=O)Nc1ccc(COC(=O)N(C)Cc2ccccc2C(=O)C(C)(C)C)cc1.[HH].[HH].[HH]. The van der Waals surface area contributed by atoms with E-state index in [0.29, 0.717) is 42.6 Å². The van der Waals surface area contributed by atoms with Crippen molar-refractivity contribution in [2.24, 2.45) is 11.3 Å². The molecule has 0 saturated carbocycles. The number of Topliss-reactive ketones (excluding diaryl/α,β-unsaturated/α-hetero) is 1. The van der Waals surface area contributed by atoms with Crippen LogP contribution in [0.5, 0.6) is 0 Å². The monoisotopic (exact) mass is 723 g/mol. The van der Waals surface area contributed by atoms with Crippen LogP contribution in [0.15, 0.2) is 60.7 Å². The van der Waals surface area contributed by atoms with Gasteiger partial charge in [-0.1, -0.05) is 77.4 Å². The Morgan fingerprint density at radius 3 is 2.10 bits per heavy atom. The highest BCUT2D eigenvalue weighted by molar-refractivity contribution is 6.12. The second-order valence-corrected chi connectivity index (χ2v) is 14.3. The van der Waals surface area contributed by atoms with E-state index < -0.39 is 35.4 Å². The molecule has 0 bridgehead atoms. The lowest BCUT2D eigenvalue weighted by Crippen LogP contribution is -2.53. The number of anilines is 1. The van der Waals surface area contributed by atoms with Gasteiger partial charge < -0.3 is 25.6 Å². The third-order valence-electron chi connectivity index (χ3n) is 8.45. The molecule has 1 aliphatic heterocycles. The van der Waals surface area contributed by atoms with Gasteiger partial charge in [0.15, 0.2) is 5.78 Å². The molecule has 1 heterocycles. The maximum atomic E-state index is 13.0. The summed E-state index contributed by atoms with van der Waals surface area (Å²) < 4.78 is 5.47. The Morgan fingerprint density at radius 1 is 0.846 bits per heavy atom. The van der Waals surface area contributed by atoms with Crippen LogP contribution in [0.2, 0.25) is 0 Å². The van der Waals surface area contributed by atoms with E-state index in [2.05, 4.69) is 16.0 Å². The van der Waals surface area contributed by atoms with Gasteiger partial charge in [0.25, 0.3) is 11.8 Å². The van der Waals surface area contributed by atoms with Crippen molar-refractivity contribution in [2.75, 3.05) is 18.9 Å². The minimum Gasteiger partial charge on any atom is -0.445 e. The number of rotatable bonds is 17. The molecular weight excluding hydrogens is 666 g/mol. The highest BCUT2D eigenvalue weighted by Crippen LogP contribution is 2.24. The number of benzene rings is 2. The highest BCUT2D eigenvalue weighted by Gasteiger charge is 2.28. The van der Waals surface area contributed by atoms with Crippen LogP contribution in [0, 0.1) is 11.3 Å². The van der Waals surface area contributed by atoms with E-state index >= 15 is 0 Å². The van der Waals surface area contributed by atoms with Gasteiger partial charge >= 0.3 is 6.09 Å². The Hall–Kier alpha value is -5.33. The zero-order valence-corrected chi connectivity index (χ0v) is 31.1. The number of nitrogens with one attached hydrogen (secondary N) is 3. The van der Waals surface area contributed by atoms with Crippen molar-refractivity contribution < 1.29 is 42.6 Å². The first-order chi connectivity index (χ1) is 24.5. The van der Waals surface area contributed by atoms with Crippen LogP contribution in [0.25, 0.3) is 0 Å². The average Bonchev–Trinajstić information content (AvgIpc) is 3.41. The first-order valence-corrected chi connectivity index (χ1v) is 17.5. The molecule has 52 heavy (non-hydrogen) atoms. The van der Waals surface area contributed by atoms with Crippen LogP contribution in [0.4, 0.5) is 10.5 Å². The van der Waals surface area contributed by atoms with Gasteiger partial charge in [0.05, 0.1) is 0 Å². The molecule has 1 aliphatic rings. The number of hydrogen-bond donors (Lipinski definition) is 3. The van der Waals surface area contributed by atoms with Gasteiger partial charge in [-0.25, -0.2) is 4.79 Å². The fraction of sp³-hybridized carbons (Fsp3) is 0.462. The quantitative estimate of drug-likeness (QED) is 0.109. The average molecular weight is 724 g/mol. The number of nitrogens with zero attached hydrogens (tertiary/aromatic N) is 2. The molecule has 0 radical (unpaired) electrons. The van der Waals surface area contributed by atoms with E-state index in [1.165, 1.54) is 17.1 Å². The molecule has 6 amide bonds. The van der Waals surface area contributed by atoms with Crippen LogP contribution in [-0.2, 0) is 41.9 Å². The molecule has 0 aromatic heterocycles. The van der Waals surface area contributed by atoms with E-state index in [0.717, 1.165) is 10.5 Å². The molecule has 0 unspecified atom stereocenters. The van der Waals surface area contributed by atoms with Crippen molar-refractivity contribution in [3.8, 4) is 0 Å². The maximum absolute atomic E-state index is 13.0. The van der Waals surface area contributed by atoms with E-state index in [1.807, 2.05) is 32.9 Å². The van der Waals surface area contributed by atoms with Gasteiger partial charge in [0.2, 0.25) is 17.7 Å². The number of ketones is 1. The molecule has 0 saturated heterocycles. The van der Waals surface area contributed by atoms with Crippen molar-refractivity contribution in [1.29, 1.82) is 0 Å². The summed E-state index contributed by atoms with van der Waals surface area (Å²) in [6, 6.07) is 12.2. The molecule has 2 aromatic carbocycles. The number of hydrogen-bond acceptors (Lipinski definition) is 8. The van der Waals surface area contributed by atoms with E-state index in [-0.39, 0.29) is 53.3 Å². The molecular formula is C39H57N5O8. The molecule has 286 valence electrons. The number of unbranched alkanes of at least 4 members (excludes halogenated alkanes) is 2. The maximum Gasteiger partial charge on any atom is 0.410 e. The first-order valence-electron chi connectivity index (χ1n) is 17.5. The molecule has 0 fully saturated rings. The third-order valence-corrected chi connectivity index (χ3v) is 8.45. The van der Waals surface area contributed by atoms with Gasteiger partial charge in [-0.05, 0) is 48.9 Å². The number of imide groups is 1. The van der Waals surface area contributed by atoms with E-state index in [1.54, 1.807) is 64.2 Å². The Balaban J connectivity index is 0.00000972. The summed E-state index contributed by atoms with van der Waals surface area (Å²) in [5.74, 6) is -2.18. The molecule has 0 spiro atoms. The van der Waals surface area contributed by atoms with Crippen LogP contribution < -0.4 is 16.0 Å². The molecule has 3 N–H and O–H groups in total. The van der Waals surface area contributed by atoms with Crippen LogP contribution in [-0.4, -0.2) is 76.9 Å². The van der Waals surface area contributed by atoms with Crippen molar-refractivity contribution in [2.45, 2.75) is 92.5 Å². The van der Waals surface area contributed by atoms with Crippen LogP contribution in [0.3, 0.4) is 0 Å². The van der Waals surface area contributed by atoms with Gasteiger partial charge in [0, 0.05) is 59.7 Å². The Bertz CT molecular complexity index is 1660. The van der Waals surface area contributed by atoms with Gasteiger partial charge in [0.1, 0.15) is 18.7 Å². The zero-order valence-electron chi connectivity index (χ0n) is 31.1. The topological polar surface area (TPSA) is 171 Å². The zero-order chi connectivity index (χ0) is 38.6. The van der Waals surface area contributed by atoms with Gasteiger partial charge in [-0.3, -0.25) is 33.7 Å². The standard InChI is InChI=1S/C39H51N5O8.3H2/c1-25(2)34(42-31(45)15-9-8-12-22-44-32(46)20-21-33(44)47)37(50)40-26(3)36(49)41-29-18-16-27(17-19-29)24-52-38(51)43(7)23-28-13-10-11-14-30(28)35(48)39(4,5)6;;;/h10-11,13-14,16-21,25-26,34H,8-9,12,15,22-24H2,1-7H3,(H,40,50)(H,41,49)(H,42,45);3*1H/t26-,34-;;;/m0.../s1.